The van der Waals surface area contributed by atoms with Gasteiger partial charge in [-0.1, -0.05) is 6.58 Å². The second-order valence-corrected chi connectivity index (χ2v) is 31.9. The van der Waals surface area contributed by atoms with Gasteiger partial charge >= 0.3 is 14.0 Å². The number of rotatable bonds is 12. The topological polar surface area (TPSA) is 54.0 Å². The van der Waals surface area contributed by atoms with Gasteiger partial charge in [0.2, 0.25) is 0 Å². The normalized spacial score (nSPS) is 14.1. The van der Waals surface area contributed by atoms with Crippen molar-refractivity contribution in [3.63, 3.8) is 0 Å². The maximum Gasteiger partial charge on any atom is 0.333 e. The molecule has 0 aromatic heterocycles. The van der Waals surface area contributed by atoms with E-state index >= 15 is 0 Å². The van der Waals surface area contributed by atoms with Crippen LogP contribution in [0.1, 0.15) is 13.3 Å². The Morgan fingerprint density at radius 2 is 1.35 bits per heavy atom. The second-order valence-electron chi connectivity index (χ2n) is 9.76. The van der Waals surface area contributed by atoms with E-state index < -0.39 is 42.3 Å². The van der Waals surface area contributed by atoms with E-state index in [2.05, 4.69) is 65.5 Å². The summed E-state index contributed by atoms with van der Waals surface area (Å²) in [7, 11) is -8.55. The minimum Gasteiger partial charge on any atom is -0.462 e. The second kappa shape index (κ2) is 10.1. The molecule has 0 bridgehead atoms. The molecule has 0 aliphatic rings. The summed E-state index contributed by atoms with van der Waals surface area (Å²) < 4.78 is 25.2. The summed E-state index contributed by atoms with van der Waals surface area (Å²) in [6.07, 6.45) is 0.752. The van der Waals surface area contributed by atoms with E-state index in [9.17, 15) is 4.79 Å². The molecule has 26 heavy (non-hydrogen) atoms. The van der Waals surface area contributed by atoms with Crippen LogP contribution in [0.25, 0.3) is 0 Å². The van der Waals surface area contributed by atoms with Crippen molar-refractivity contribution >= 4 is 48.3 Å². The third-order valence-corrected chi connectivity index (χ3v) is 22.7. The molecule has 0 fully saturated rings. The molecule has 0 spiro atoms. The predicted octanol–water partition coefficient (Wildman–Crippen LogP) is 4.07. The zero-order valence-corrected chi connectivity index (χ0v) is 24.0. The molecule has 0 aromatic rings. The fraction of sp³-hybridized carbons (Fsp3) is 0.812. The number of carbonyl (C=O) groups excluding carboxylic acids is 1. The fourth-order valence-electron chi connectivity index (χ4n) is 2.33. The number of hydrogen-bond donors (Lipinski definition) is 0. The number of ether oxygens (including phenoxy) is 1. The van der Waals surface area contributed by atoms with Gasteiger partial charge in [-0.2, -0.15) is 0 Å². The summed E-state index contributed by atoms with van der Waals surface area (Å²) in [5.41, 5.74) is 0.432. The van der Waals surface area contributed by atoms with Crippen LogP contribution in [0.3, 0.4) is 0 Å². The van der Waals surface area contributed by atoms with E-state index in [1.165, 1.54) is 0 Å². The molecule has 0 aliphatic carbocycles. The van der Waals surface area contributed by atoms with Gasteiger partial charge in [-0.25, -0.2) is 4.79 Å². The zero-order valence-electron chi connectivity index (χ0n) is 18.6. The maximum absolute atomic E-state index is 11.6. The van der Waals surface area contributed by atoms with Gasteiger partial charge < -0.3 is 17.1 Å². The van der Waals surface area contributed by atoms with Gasteiger partial charge in [-0.05, 0) is 78.3 Å². The number of esters is 1. The van der Waals surface area contributed by atoms with Crippen LogP contribution in [0.2, 0.25) is 65.0 Å². The van der Waals surface area contributed by atoms with Gasteiger partial charge in [-0.15, -0.1) is 0 Å². The van der Waals surface area contributed by atoms with Gasteiger partial charge in [0.05, 0.1) is 6.61 Å². The van der Waals surface area contributed by atoms with Crippen molar-refractivity contribution < 1.29 is 21.9 Å². The zero-order chi connectivity index (χ0) is 20.8. The summed E-state index contributed by atoms with van der Waals surface area (Å²) in [6.45, 7) is 25.6. The van der Waals surface area contributed by atoms with E-state index in [0.717, 1.165) is 12.5 Å². The quantitative estimate of drug-likeness (QED) is 0.193. The van der Waals surface area contributed by atoms with Gasteiger partial charge in [0.15, 0.2) is 34.2 Å². The van der Waals surface area contributed by atoms with Gasteiger partial charge in [0.1, 0.15) is 0 Å². The average molecular weight is 453 g/mol. The Labute approximate surface area is 167 Å². The molecule has 0 amide bonds. The van der Waals surface area contributed by atoms with Crippen LogP contribution in [0, 0.1) is 0 Å². The third kappa shape index (κ3) is 13.4. The summed E-state index contributed by atoms with van der Waals surface area (Å²) in [5, 5.41) is 0. The Bertz CT molecular complexity index is 461. The van der Waals surface area contributed by atoms with E-state index in [1.54, 1.807) is 6.92 Å². The van der Waals surface area contributed by atoms with E-state index in [0.29, 0.717) is 12.2 Å². The Hall–Kier alpha value is 0.174. The molecular formula is C16H40O5Si5. The first kappa shape index (κ1) is 26.2. The summed E-state index contributed by atoms with van der Waals surface area (Å²) >= 11 is 0. The standard InChI is InChI=1S/C16H40O5Si5/c1-15(2)16(17)18-13-12-14-26(20-24(6,7)8,21-25(9,10)11)22-19-23(3,4)5/h1,12-14,22H2,2-11H3. The summed E-state index contributed by atoms with van der Waals surface area (Å²) in [5.74, 6) is -0.329. The fourth-order valence-corrected chi connectivity index (χ4v) is 32.4. The molecule has 0 atom stereocenters. The molecule has 0 aliphatic heterocycles. The average Bonchev–Trinajstić information content (AvgIpc) is 2.36. The van der Waals surface area contributed by atoms with Crippen LogP contribution in [-0.4, -0.2) is 54.9 Å². The van der Waals surface area contributed by atoms with Crippen molar-refractivity contribution in [2.45, 2.75) is 78.3 Å². The minimum absolute atomic E-state index is 0.329. The molecular weight excluding hydrogens is 413 g/mol. The van der Waals surface area contributed by atoms with Crippen LogP contribution < -0.4 is 0 Å². The maximum atomic E-state index is 11.6. The SMILES string of the molecule is C=C(C)C(=O)OCCC[Si](O[Si](C)(C)C)(O[Si](C)(C)C)[SiH2]O[Si](C)(C)C. The third-order valence-electron chi connectivity index (χ3n) is 2.99. The van der Waals surface area contributed by atoms with Crippen molar-refractivity contribution in [3.05, 3.63) is 12.2 Å². The lowest BCUT2D eigenvalue weighted by Crippen LogP contribution is -2.61. The van der Waals surface area contributed by atoms with E-state index in [4.69, 9.17) is 17.1 Å². The Kier molecular flexibility index (Phi) is 10.2. The first-order chi connectivity index (χ1) is 11.4. The van der Waals surface area contributed by atoms with E-state index in [1.807, 2.05) is 0 Å². The minimum atomic E-state index is -2.41. The first-order valence-electron chi connectivity index (χ1n) is 9.32. The van der Waals surface area contributed by atoms with Gasteiger partial charge in [0, 0.05) is 5.57 Å². The molecule has 0 aromatic carbocycles. The van der Waals surface area contributed by atoms with Crippen molar-refractivity contribution in [3.8, 4) is 0 Å². The molecule has 0 saturated carbocycles. The lowest BCUT2D eigenvalue weighted by molar-refractivity contribution is -0.138. The largest absolute Gasteiger partial charge is 0.462 e. The van der Waals surface area contributed by atoms with Crippen LogP contribution in [0.4, 0.5) is 0 Å². The predicted molar refractivity (Wildman–Crippen MR) is 123 cm³/mol. The van der Waals surface area contributed by atoms with Crippen molar-refractivity contribution in [1.82, 2.24) is 0 Å². The number of carbonyl (C=O) groups is 1. The highest BCUT2D eigenvalue weighted by molar-refractivity contribution is 7.21. The monoisotopic (exact) mass is 452 g/mol. The Morgan fingerprint density at radius 3 is 1.69 bits per heavy atom. The summed E-state index contributed by atoms with van der Waals surface area (Å²) in [6, 6.07) is 0.835. The van der Waals surface area contributed by atoms with Gasteiger partial charge in [0.25, 0.3) is 0 Å². The molecule has 0 rings (SSSR count). The van der Waals surface area contributed by atoms with Crippen LogP contribution >= 0.6 is 0 Å². The van der Waals surface area contributed by atoms with E-state index in [-0.39, 0.29) is 5.97 Å². The molecule has 5 nitrogen and oxygen atoms in total. The smallest absolute Gasteiger partial charge is 0.333 e. The molecule has 154 valence electrons. The lowest BCUT2D eigenvalue weighted by atomic mass is 10.4. The number of hydrogen-bond acceptors (Lipinski definition) is 5. The molecule has 10 heteroatoms. The van der Waals surface area contributed by atoms with Crippen molar-refractivity contribution in [2.75, 3.05) is 6.61 Å². The van der Waals surface area contributed by atoms with Crippen molar-refractivity contribution in [1.29, 1.82) is 0 Å². The highest BCUT2D eigenvalue weighted by Crippen LogP contribution is 2.26. The highest BCUT2D eigenvalue weighted by atomic mass is 29.2. The molecule has 0 unspecified atom stereocenters. The molecule has 0 heterocycles. The Morgan fingerprint density at radius 1 is 0.885 bits per heavy atom. The molecule has 0 saturated heterocycles. The molecule has 0 radical (unpaired) electrons. The van der Waals surface area contributed by atoms with Crippen LogP contribution in [0.5, 0.6) is 0 Å². The van der Waals surface area contributed by atoms with Crippen molar-refractivity contribution in [2.24, 2.45) is 0 Å². The Balaban J connectivity index is 5.28. The molecule has 0 N–H and O–H groups in total. The first-order valence-corrected chi connectivity index (χ1v) is 24.5. The summed E-state index contributed by atoms with van der Waals surface area (Å²) in [4.78, 5) is 11.6. The van der Waals surface area contributed by atoms with Crippen LogP contribution in [-0.2, 0) is 21.9 Å². The lowest BCUT2D eigenvalue weighted by Gasteiger charge is -2.41. The van der Waals surface area contributed by atoms with Gasteiger partial charge in [-0.3, -0.25) is 0 Å². The highest BCUT2D eigenvalue weighted by Gasteiger charge is 2.45. The van der Waals surface area contributed by atoms with Crippen LogP contribution in [0.15, 0.2) is 12.2 Å².